The van der Waals surface area contributed by atoms with Crippen LogP contribution in [0.1, 0.15) is 84.0 Å². The highest BCUT2D eigenvalue weighted by molar-refractivity contribution is 7.99. The van der Waals surface area contributed by atoms with Gasteiger partial charge in [0.25, 0.3) is 0 Å². The van der Waals surface area contributed by atoms with E-state index in [1.807, 2.05) is 0 Å². The van der Waals surface area contributed by atoms with E-state index < -0.39 is 40.7 Å². The summed E-state index contributed by atoms with van der Waals surface area (Å²) in [4.78, 5) is 50.5. The summed E-state index contributed by atoms with van der Waals surface area (Å²) in [6, 6.07) is -2.89. The summed E-state index contributed by atoms with van der Waals surface area (Å²) in [5, 5.41) is 22.9. The van der Waals surface area contributed by atoms with Crippen molar-refractivity contribution in [3.05, 3.63) is 4.91 Å². The first-order valence-electron chi connectivity index (χ1n) is 12.4. The molecule has 0 aromatic heterocycles. The molecule has 2 aliphatic carbocycles. The lowest BCUT2D eigenvalue weighted by Gasteiger charge is -2.50. The SMILES string of the molecule is CC(NC(C(=O)O)C(SN=O)(C1CCCCC1)C1CCCCC1)C(=O)N1CCCC1C(=O)O. The average molecular weight is 484 g/mol. The van der Waals surface area contributed by atoms with Gasteiger partial charge in [-0.1, -0.05) is 38.5 Å². The van der Waals surface area contributed by atoms with Crippen LogP contribution in [-0.4, -0.2) is 62.4 Å². The summed E-state index contributed by atoms with van der Waals surface area (Å²) in [6.07, 6.45) is 10.6. The van der Waals surface area contributed by atoms with Crippen LogP contribution >= 0.6 is 11.9 Å². The highest BCUT2D eigenvalue weighted by Gasteiger charge is 2.56. The van der Waals surface area contributed by atoms with E-state index in [4.69, 9.17) is 0 Å². The van der Waals surface area contributed by atoms with Gasteiger partial charge in [0.05, 0.1) is 10.8 Å². The van der Waals surface area contributed by atoms with Gasteiger partial charge in [-0.15, -0.1) is 4.91 Å². The molecule has 2 saturated carbocycles. The Morgan fingerprint density at radius 3 is 1.94 bits per heavy atom. The zero-order valence-corrected chi connectivity index (χ0v) is 20.2. The van der Waals surface area contributed by atoms with Gasteiger partial charge in [0.2, 0.25) is 5.91 Å². The maximum atomic E-state index is 13.2. The Labute approximate surface area is 199 Å². The number of carboxylic acid groups (broad SMARTS) is 2. The summed E-state index contributed by atoms with van der Waals surface area (Å²) < 4.78 is 2.29. The number of aliphatic carboxylic acids is 2. The molecule has 1 amide bonds. The average Bonchev–Trinajstić information content (AvgIpc) is 3.32. The molecule has 186 valence electrons. The Morgan fingerprint density at radius 1 is 0.939 bits per heavy atom. The zero-order valence-electron chi connectivity index (χ0n) is 19.4. The molecule has 0 radical (unpaired) electrons. The second-order valence-corrected chi connectivity index (χ2v) is 10.9. The Kier molecular flexibility index (Phi) is 9.15. The Bertz CT molecular complexity index is 705. The second kappa shape index (κ2) is 11.6. The fourth-order valence-electron chi connectivity index (χ4n) is 6.43. The number of rotatable bonds is 10. The molecule has 0 aromatic carbocycles. The molecule has 3 unspecified atom stereocenters. The van der Waals surface area contributed by atoms with Crippen molar-refractivity contribution in [1.82, 2.24) is 10.2 Å². The molecule has 3 fully saturated rings. The number of hydrogen-bond donors (Lipinski definition) is 3. The molecular formula is C23H37N3O6S. The van der Waals surface area contributed by atoms with Crippen LogP contribution in [0.25, 0.3) is 0 Å². The van der Waals surface area contributed by atoms with E-state index in [-0.39, 0.29) is 11.8 Å². The maximum Gasteiger partial charge on any atom is 0.326 e. The van der Waals surface area contributed by atoms with Crippen LogP contribution in [0.2, 0.25) is 0 Å². The molecular weight excluding hydrogens is 446 g/mol. The predicted octanol–water partition coefficient (Wildman–Crippen LogP) is 3.81. The first-order chi connectivity index (χ1) is 15.8. The Morgan fingerprint density at radius 2 is 1.48 bits per heavy atom. The van der Waals surface area contributed by atoms with E-state index >= 15 is 0 Å². The van der Waals surface area contributed by atoms with Crippen LogP contribution in [-0.2, 0) is 14.4 Å². The Hall–Kier alpha value is -1.68. The minimum absolute atomic E-state index is 0.0199. The van der Waals surface area contributed by atoms with E-state index in [2.05, 4.69) is 9.90 Å². The highest BCUT2D eigenvalue weighted by atomic mass is 32.2. The molecule has 0 bridgehead atoms. The van der Waals surface area contributed by atoms with Gasteiger partial charge in [0.1, 0.15) is 12.1 Å². The zero-order chi connectivity index (χ0) is 24.0. The van der Waals surface area contributed by atoms with Crippen LogP contribution in [0.4, 0.5) is 0 Å². The van der Waals surface area contributed by atoms with E-state index in [1.54, 1.807) is 6.92 Å². The lowest BCUT2D eigenvalue weighted by atomic mass is 9.65. The molecule has 1 aliphatic heterocycles. The van der Waals surface area contributed by atoms with Gasteiger partial charge >= 0.3 is 11.9 Å². The van der Waals surface area contributed by atoms with E-state index in [0.717, 1.165) is 76.2 Å². The van der Waals surface area contributed by atoms with E-state index in [1.165, 1.54) is 4.90 Å². The van der Waals surface area contributed by atoms with Gasteiger partial charge in [0.15, 0.2) is 0 Å². The maximum absolute atomic E-state index is 13.2. The van der Waals surface area contributed by atoms with Gasteiger partial charge in [-0.2, -0.15) is 0 Å². The molecule has 3 aliphatic rings. The Balaban J connectivity index is 1.92. The number of nitrogens with one attached hydrogen (secondary N) is 1. The lowest BCUT2D eigenvalue weighted by molar-refractivity contribution is -0.150. The van der Waals surface area contributed by atoms with Gasteiger partial charge < -0.3 is 15.1 Å². The van der Waals surface area contributed by atoms with Gasteiger partial charge in [0, 0.05) is 23.1 Å². The van der Waals surface area contributed by atoms with Crippen molar-refractivity contribution in [1.29, 1.82) is 0 Å². The normalized spacial score (nSPS) is 24.9. The summed E-state index contributed by atoms with van der Waals surface area (Å²) in [7, 11) is 0. The van der Waals surface area contributed by atoms with Crippen LogP contribution in [0.5, 0.6) is 0 Å². The summed E-state index contributed by atoms with van der Waals surface area (Å²) in [5.41, 5.74) is 0. The van der Waals surface area contributed by atoms with Crippen molar-refractivity contribution >= 4 is 29.8 Å². The van der Waals surface area contributed by atoms with Crippen molar-refractivity contribution < 1.29 is 24.6 Å². The summed E-state index contributed by atoms with van der Waals surface area (Å²) >= 11 is 0.872. The van der Waals surface area contributed by atoms with Gasteiger partial charge in [-0.25, -0.2) is 4.79 Å². The number of likely N-dealkylation sites (tertiary alicyclic amines) is 1. The second-order valence-electron chi connectivity index (χ2n) is 9.88. The van der Waals surface area contributed by atoms with Crippen molar-refractivity contribution in [2.45, 2.75) is 107 Å². The molecule has 10 heteroatoms. The fourth-order valence-corrected chi connectivity index (χ4v) is 7.60. The summed E-state index contributed by atoms with van der Waals surface area (Å²) in [6.45, 7) is 1.95. The quantitative estimate of drug-likeness (QED) is 0.315. The number of nitrogens with zero attached hydrogens (tertiary/aromatic N) is 2. The number of carbonyl (C=O) groups excluding carboxylic acids is 1. The molecule has 3 rings (SSSR count). The third kappa shape index (κ3) is 5.53. The molecule has 3 N–H and O–H groups in total. The molecule has 0 spiro atoms. The minimum atomic E-state index is -1.13. The van der Waals surface area contributed by atoms with Crippen molar-refractivity contribution in [2.24, 2.45) is 16.4 Å². The van der Waals surface area contributed by atoms with Gasteiger partial charge in [-0.05, 0) is 57.3 Å². The fraction of sp³-hybridized carbons (Fsp3) is 0.870. The van der Waals surface area contributed by atoms with Crippen molar-refractivity contribution in [3.8, 4) is 0 Å². The van der Waals surface area contributed by atoms with Crippen molar-refractivity contribution in [3.63, 3.8) is 0 Å². The summed E-state index contributed by atoms with van der Waals surface area (Å²) in [5.74, 6) is -2.49. The largest absolute Gasteiger partial charge is 0.480 e. The smallest absolute Gasteiger partial charge is 0.326 e. The number of nitroso groups, excluding NO2 is 1. The standard InChI is InChI=1S/C23H37N3O6S/c1-15(20(27)26-14-8-13-18(26)21(28)29)24-19(22(30)31)23(33-25-32,16-9-4-2-5-10-16)17-11-6-3-7-12-17/h15-19,24H,2-14H2,1H3,(H,28,29)(H,30,31). The van der Waals surface area contributed by atoms with Crippen molar-refractivity contribution in [2.75, 3.05) is 6.54 Å². The van der Waals surface area contributed by atoms with Crippen LogP contribution < -0.4 is 5.32 Å². The lowest BCUT2D eigenvalue weighted by Crippen LogP contribution is -2.64. The molecule has 9 nitrogen and oxygen atoms in total. The topological polar surface area (TPSA) is 136 Å². The molecule has 1 saturated heterocycles. The number of carbonyl (C=O) groups is 3. The predicted molar refractivity (Wildman–Crippen MR) is 126 cm³/mol. The number of carboxylic acids is 2. The third-order valence-electron chi connectivity index (χ3n) is 7.99. The highest BCUT2D eigenvalue weighted by Crippen LogP contribution is 2.53. The minimum Gasteiger partial charge on any atom is -0.480 e. The van der Waals surface area contributed by atoms with Crippen LogP contribution in [0, 0.1) is 16.7 Å². The molecule has 1 heterocycles. The third-order valence-corrected chi connectivity index (χ3v) is 9.28. The molecule has 3 atom stereocenters. The molecule has 33 heavy (non-hydrogen) atoms. The monoisotopic (exact) mass is 483 g/mol. The number of hydrogen-bond acceptors (Lipinski definition) is 7. The first-order valence-corrected chi connectivity index (χ1v) is 13.1. The van der Waals surface area contributed by atoms with Crippen LogP contribution in [0.15, 0.2) is 4.58 Å². The number of amides is 1. The molecule has 0 aromatic rings. The van der Waals surface area contributed by atoms with E-state index in [0.29, 0.717) is 19.4 Å². The van der Waals surface area contributed by atoms with Gasteiger partial charge in [-0.3, -0.25) is 14.9 Å². The first kappa shape index (κ1) is 25.9. The van der Waals surface area contributed by atoms with Crippen LogP contribution in [0.3, 0.4) is 0 Å². The van der Waals surface area contributed by atoms with E-state index in [9.17, 15) is 29.5 Å².